The van der Waals surface area contributed by atoms with Crippen molar-refractivity contribution < 1.29 is 37.6 Å². The van der Waals surface area contributed by atoms with E-state index < -0.39 is 44.1 Å². The topological polar surface area (TPSA) is 122 Å². The Bertz CT molecular complexity index is 2420. The zero-order valence-electron chi connectivity index (χ0n) is 35.3. The minimum Gasteiger partial charge on any atom is -0.468 e. The van der Waals surface area contributed by atoms with Crippen LogP contribution in [0, 0.1) is 23.1 Å². The van der Waals surface area contributed by atoms with Crippen LogP contribution >= 0.6 is 0 Å². The molecule has 0 radical (unpaired) electrons. The maximum atomic E-state index is 17.6. The van der Waals surface area contributed by atoms with Crippen molar-refractivity contribution >= 4 is 41.3 Å². The average molecular weight is 842 g/mol. The first-order valence-corrected chi connectivity index (χ1v) is 22.9. The number of benzene rings is 3. The number of methoxy groups -OCH3 is 1. The van der Waals surface area contributed by atoms with E-state index in [-0.39, 0.29) is 69.6 Å². The van der Waals surface area contributed by atoms with Crippen LogP contribution in [-0.4, -0.2) is 90.1 Å². The largest absolute Gasteiger partial charge is 0.468 e. The molecule has 2 aliphatic heterocycles. The molecule has 2 aromatic heterocycles. The number of aliphatic hydroxyl groups is 2. The van der Waals surface area contributed by atoms with Crippen LogP contribution < -0.4 is 14.8 Å². The van der Waals surface area contributed by atoms with Gasteiger partial charge < -0.3 is 29.7 Å². The average Bonchev–Trinajstić information content (AvgIpc) is 3.75. The third kappa shape index (κ3) is 8.18. The number of aromatic nitrogens is 3. The lowest BCUT2D eigenvalue weighted by molar-refractivity contribution is 0.0512. The van der Waals surface area contributed by atoms with Gasteiger partial charge >= 0.3 is 6.01 Å². The van der Waals surface area contributed by atoms with Gasteiger partial charge in [-0.25, -0.2) is 23.1 Å². The second-order valence-electron chi connectivity index (χ2n) is 17.0. The lowest BCUT2D eigenvalue weighted by atomic mass is 9.95. The third-order valence-electron chi connectivity index (χ3n) is 12.5. The van der Waals surface area contributed by atoms with Crippen LogP contribution in [0.3, 0.4) is 0 Å². The number of fused-ring (bicyclic) bond motifs is 3. The molecule has 0 spiro atoms. The molecule has 5 aromatic rings. The molecule has 2 aliphatic rings. The number of hydrogen-bond acceptors (Lipinski definition) is 10. The number of ether oxygens (including phenoxy) is 3. The van der Waals surface area contributed by atoms with Gasteiger partial charge in [-0.15, -0.1) is 5.54 Å². The fourth-order valence-corrected chi connectivity index (χ4v) is 14.8. The Morgan fingerprint density at radius 2 is 1.78 bits per heavy atom. The number of halogens is 3. The molecular formula is C46H54F3N5O5Si. The zero-order chi connectivity index (χ0) is 42.9. The summed E-state index contributed by atoms with van der Waals surface area (Å²) in [5, 5.41) is 24.4. The van der Waals surface area contributed by atoms with Crippen molar-refractivity contribution in [2.24, 2.45) is 0 Å². The molecule has 318 valence electrons. The Labute approximate surface area is 350 Å². The summed E-state index contributed by atoms with van der Waals surface area (Å²) in [5.74, 6) is 2.42. The summed E-state index contributed by atoms with van der Waals surface area (Å²) in [7, 11) is -0.866. The van der Waals surface area contributed by atoms with Crippen LogP contribution in [0.2, 0.25) is 16.6 Å². The third-order valence-corrected chi connectivity index (χ3v) is 18.8. The monoisotopic (exact) mass is 841 g/mol. The molecule has 0 amide bonds. The Morgan fingerprint density at radius 3 is 2.50 bits per heavy atom. The van der Waals surface area contributed by atoms with E-state index in [1.54, 1.807) is 42.5 Å². The summed E-state index contributed by atoms with van der Waals surface area (Å²) in [6.07, 6.45) is 1.36. The second kappa shape index (κ2) is 17.7. The molecular weight excluding hydrogens is 788 g/mol. The molecule has 0 saturated carbocycles. The van der Waals surface area contributed by atoms with Crippen LogP contribution in [-0.2, 0) is 4.74 Å². The molecule has 7 rings (SSSR count). The van der Waals surface area contributed by atoms with Gasteiger partial charge in [0.1, 0.15) is 55.6 Å². The molecule has 2 fully saturated rings. The summed E-state index contributed by atoms with van der Waals surface area (Å²) in [4.78, 5) is 16.0. The Kier molecular flexibility index (Phi) is 12.8. The van der Waals surface area contributed by atoms with Gasteiger partial charge in [0.15, 0.2) is 12.6 Å². The molecule has 4 heterocycles. The van der Waals surface area contributed by atoms with Gasteiger partial charge in [0.2, 0.25) is 0 Å². The van der Waals surface area contributed by atoms with Crippen LogP contribution in [0.15, 0.2) is 54.7 Å². The van der Waals surface area contributed by atoms with E-state index in [1.807, 2.05) is 0 Å². The molecule has 1 unspecified atom stereocenters. The summed E-state index contributed by atoms with van der Waals surface area (Å²) < 4.78 is 65.8. The van der Waals surface area contributed by atoms with Crippen molar-refractivity contribution in [3.8, 4) is 34.5 Å². The van der Waals surface area contributed by atoms with Gasteiger partial charge in [-0.3, -0.25) is 4.90 Å². The van der Waals surface area contributed by atoms with Crippen molar-refractivity contribution in [1.82, 2.24) is 19.9 Å². The van der Waals surface area contributed by atoms with Crippen molar-refractivity contribution in [1.29, 1.82) is 0 Å². The Hall–Kier alpha value is -4.78. The number of hydrogen-bond donors (Lipinski definition) is 3. The van der Waals surface area contributed by atoms with E-state index in [4.69, 9.17) is 19.2 Å². The van der Waals surface area contributed by atoms with Crippen LogP contribution in [0.4, 0.5) is 24.7 Å². The van der Waals surface area contributed by atoms with Crippen LogP contribution in [0.25, 0.3) is 32.9 Å². The Morgan fingerprint density at radius 1 is 1.02 bits per heavy atom. The van der Waals surface area contributed by atoms with Gasteiger partial charge in [-0.1, -0.05) is 65.7 Å². The minimum absolute atomic E-state index is 0.0851. The molecule has 2 saturated heterocycles. The highest BCUT2D eigenvalue weighted by Crippen LogP contribution is 2.44. The molecule has 14 heteroatoms. The second-order valence-corrected chi connectivity index (χ2v) is 22.6. The van der Waals surface area contributed by atoms with Gasteiger partial charge in [0, 0.05) is 42.9 Å². The molecule has 3 atom stereocenters. The van der Waals surface area contributed by atoms with E-state index in [1.165, 1.54) is 19.4 Å². The van der Waals surface area contributed by atoms with Gasteiger partial charge in [-0.05, 0) is 77.3 Å². The summed E-state index contributed by atoms with van der Waals surface area (Å²) in [5.41, 5.74) is 4.96. The van der Waals surface area contributed by atoms with Gasteiger partial charge in [-0.2, -0.15) is 4.98 Å². The van der Waals surface area contributed by atoms with Gasteiger partial charge in [0.05, 0.1) is 23.1 Å². The number of nitrogens with zero attached hydrogens (tertiary/aromatic N) is 4. The molecule has 3 aromatic carbocycles. The number of alkyl halides is 1. The normalized spacial score (nSPS) is 18.7. The van der Waals surface area contributed by atoms with Crippen molar-refractivity contribution in [3.63, 3.8) is 0 Å². The lowest BCUT2D eigenvalue weighted by Gasteiger charge is -2.38. The smallest absolute Gasteiger partial charge is 0.317 e. The van der Waals surface area contributed by atoms with Crippen LogP contribution in [0.5, 0.6) is 11.8 Å². The Balaban J connectivity index is 1.46. The lowest BCUT2D eigenvalue weighted by Crippen LogP contribution is -2.43. The predicted octanol–water partition coefficient (Wildman–Crippen LogP) is 9.40. The van der Waals surface area contributed by atoms with E-state index in [0.29, 0.717) is 40.7 Å². The zero-order valence-corrected chi connectivity index (χ0v) is 36.3. The van der Waals surface area contributed by atoms with Crippen molar-refractivity contribution in [2.75, 3.05) is 45.5 Å². The first-order chi connectivity index (χ1) is 28.7. The fourth-order valence-electron chi connectivity index (χ4n) is 9.63. The highest BCUT2D eigenvalue weighted by Gasteiger charge is 2.49. The fraction of sp³-hybridized carbons (Fsp3) is 0.457. The van der Waals surface area contributed by atoms with Crippen LogP contribution in [0.1, 0.15) is 78.0 Å². The van der Waals surface area contributed by atoms with E-state index in [9.17, 15) is 14.6 Å². The summed E-state index contributed by atoms with van der Waals surface area (Å²) >= 11 is 0. The molecule has 0 bridgehead atoms. The summed E-state index contributed by atoms with van der Waals surface area (Å²) in [6.45, 7) is 13.8. The minimum atomic E-state index is -2.35. The number of pyridine rings is 1. The number of anilines is 2. The first kappa shape index (κ1) is 43.3. The molecule has 60 heavy (non-hydrogen) atoms. The highest BCUT2D eigenvalue weighted by atomic mass is 28.3. The van der Waals surface area contributed by atoms with E-state index in [0.717, 1.165) is 19.4 Å². The standard InChI is InChI=1S/C46H54F3N5O5Si/c1-27(2)60(28(3)4,29(5)6)17-14-35-38(48)13-12-31-19-34(59-26-57-7)20-36(40(31)35)42-41(49)43-37(44(52-42)51-33-11-8-10-30(18-33)39(56)24-55)22-50-45(53-43)58-25-46-15-9-16-54(46)23-32(47)21-46/h8,10-13,18-20,22,27-29,32,39,55-56H,9,15-16,21,23-26H2,1-7H3,(H,51,52)/t32-,39?,46+/m1/s1. The number of nitrogens with one attached hydrogen (secondary N) is 1. The SMILES string of the molecule is COCOc1cc(-c2nc(Nc3cccc(C(O)CO)c3)c3cnc(OC[C@@]45CCCN4C[C@H](F)C5)nc3c2F)c2c(C#C[Si](C(C)C)(C(C)C)C(C)C)c(F)ccc2c1. The number of rotatable bonds is 14. The predicted molar refractivity (Wildman–Crippen MR) is 231 cm³/mol. The number of aliphatic hydroxyl groups excluding tert-OH is 2. The van der Waals surface area contributed by atoms with E-state index in [2.05, 4.69) is 73.2 Å². The summed E-state index contributed by atoms with van der Waals surface area (Å²) in [6, 6.07) is 13.0. The molecule has 0 aliphatic carbocycles. The van der Waals surface area contributed by atoms with Crippen molar-refractivity contribution in [2.45, 2.75) is 95.2 Å². The molecule has 10 nitrogen and oxygen atoms in total. The van der Waals surface area contributed by atoms with Gasteiger partial charge in [0.25, 0.3) is 0 Å². The first-order valence-electron chi connectivity index (χ1n) is 20.7. The molecule has 3 N–H and O–H groups in total. The maximum absolute atomic E-state index is 17.6. The highest BCUT2D eigenvalue weighted by molar-refractivity contribution is 6.90. The maximum Gasteiger partial charge on any atom is 0.317 e. The quantitative estimate of drug-likeness (QED) is 0.0567. The van der Waals surface area contributed by atoms with E-state index >= 15 is 8.78 Å². The van der Waals surface area contributed by atoms with Crippen molar-refractivity contribution in [3.05, 3.63) is 77.5 Å².